The molecule has 0 spiro atoms. The molecular formula is C12H15NO. The van der Waals surface area contributed by atoms with E-state index in [1.807, 2.05) is 0 Å². The summed E-state index contributed by atoms with van der Waals surface area (Å²) in [5, 5.41) is 1.20. The highest BCUT2D eigenvalue weighted by molar-refractivity contribution is 5.84. The lowest BCUT2D eigenvalue weighted by atomic mass is 10.1. The van der Waals surface area contributed by atoms with Gasteiger partial charge in [0.25, 0.3) is 0 Å². The summed E-state index contributed by atoms with van der Waals surface area (Å²) in [6.45, 7) is 4.67. The number of rotatable bonds is 2. The van der Waals surface area contributed by atoms with Crippen molar-refractivity contribution >= 4 is 11.0 Å². The Labute approximate surface area is 83.7 Å². The highest BCUT2D eigenvalue weighted by atomic mass is 16.3. The number of benzene rings is 1. The molecule has 0 radical (unpaired) electrons. The number of furan rings is 1. The standard InChI is InChI=1S/C12H15NO/c1-3-9-5-4-6-10-8(2)11(7-13)14-12(9)10/h4-6H,3,7,13H2,1-2H3. The molecular weight excluding hydrogens is 174 g/mol. The summed E-state index contributed by atoms with van der Waals surface area (Å²) in [5.41, 5.74) is 9.05. The zero-order valence-electron chi connectivity index (χ0n) is 8.63. The Kier molecular flexibility index (Phi) is 2.30. The van der Waals surface area contributed by atoms with Gasteiger partial charge in [0.1, 0.15) is 11.3 Å². The normalized spacial score (nSPS) is 11.1. The molecule has 0 bridgehead atoms. The summed E-state index contributed by atoms with van der Waals surface area (Å²) >= 11 is 0. The average molecular weight is 189 g/mol. The van der Waals surface area contributed by atoms with Gasteiger partial charge in [-0.15, -0.1) is 0 Å². The maximum atomic E-state index is 5.74. The summed E-state index contributed by atoms with van der Waals surface area (Å²) in [6, 6.07) is 6.27. The number of fused-ring (bicyclic) bond motifs is 1. The van der Waals surface area contributed by atoms with Crippen LogP contribution in [0.25, 0.3) is 11.0 Å². The van der Waals surface area contributed by atoms with E-state index in [0.29, 0.717) is 6.54 Å². The van der Waals surface area contributed by atoms with Gasteiger partial charge in [-0.25, -0.2) is 0 Å². The third kappa shape index (κ3) is 1.23. The molecule has 2 aromatic rings. The third-order valence-corrected chi connectivity index (χ3v) is 2.71. The molecule has 1 aromatic heterocycles. The van der Waals surface area contributed by atoms with E-state index in [0.717, 1.165) is 17.8 Å². The van der Waals surface area contributed by atoms with Crippen molar-refractivity contribution in [3.05, 3.63) is 35.1 Å². The molecule has 0 aliphatic carbocycles. The highest BCUT2D eigenvalue weighted by Gasteiger charge is 2.10. The Morgan fingerprint density at radius 3 is 2.79 bits per heavy atom. The second-order valence-electron chi connectivity index (χ2n) is 3.50. The molecule has 14 heavy (non-hydrogen) atoms. The summed E-state index contributed by atoms with van der Waals surface area (Å²) < 4.78 is 5.74. The molecule has 0 saturated carbocycles. The number of aryl methyl sites for hydroxylation is 2. The summed E-state index contributed by atoms with van der Waals surface area (Å²) in [5.74, 6) is 0.904. The molecule has 1 heterocycles. The van der Waals surface area contributed by atoms with Gasteiger partial charge in [-0.2, -0.15) is 0 Å². The molecule has 2 N–H and O–H groups in total. The van der Waals surface area contributed by atoms with Crippen LogP contribution in [0.15, 0.2) is 22.6 Å². The van der Waals surface area contributed by atoms with Crippen LogP contribution >= 0.6 is 0 Å². The summed E-state index contributed by atoms with van der Waals surface area (Å²) in [4.78, 5) is 0. The Balaban J connectivity index is 2.77. The van der Waals surface area contributed by atoms with Crippen LogP contribution in [0, 0.1) is 6.92 Å². The first-order valence-corrected chi connectivity index (χ1v) is 4.97. The first kappa shape index (κ1) is 9.28. The molecule has 1 aromatic carbocycles. The van der Waals surface area contributed by atoms with Gasteiger partial charge in [0.15, 0.2) is 0 Å². The SMILES string of the molecule is CCc1cccc2c(C)c(CN)oc12. The van der Waals surface area contributed by atoms with Crippen LogP contribution < -0.4 is 5.73 Å². The van der Waals surface area contributed by atoms with Crippen molar-refractivity contribution in [1.82, 2.24) is 0 Å². The predicted octanol–water partition coefficient (Wildman–Crippen LogP) is 2.76. The molecule has 0 fully saturated rings. The Morgan fingerprint density at radius 1 is 1.36 bits per heavy atom. The van der Waals surface area contributed by atoms with Gasteiger partial charge in [-0.1, -0.05) is 25.1 Å². The van der Waals surface area contributed by atoms with Crippen LogP contribution in [0.1, 0.15) is 23.8 Å². The quantitative estimate of drug-likeness (QED) is 0.789. The van der Waals surface area contributed by atoms with E-state index in [4.69, 9.17) is 10.2 Å². The minimum absolute atomic E-state index is 0.476. The van der Waals surface area contributed by atoms with Crippen molar-refractivity contribution in [3.63, 3.8) is 0 Å². The largest absolute Gasteiger partial charge is 0.459 e. The maximum absolute atomic E-state index is 5.74. The van der Waals surface area contributed by atoms with Gasteiger partial charge in [0.05, 0.1) is 6.54 Å². The van der Waals surface area contributed by atoms with Crippen LogP contribution in [-0.2, 0) is 13.0 Å². The highest BCUT2D eigenvalue weighted by Crippen LogP contribution is 2.27. The van der Waals surface area contributed by atoms with Gasteiger partial charge in [-0.3, -0.25) is 0 Å². The van der Waals surface area contributed by atoms with Crippen LogP contribution in [0.3, 0.4) is 0 Å². The van der Waals surface area contributed by atoms with Crippen LogP contribution in [-0.4, -0.2) is 0 Å². The van der Waals surface area contributed by atoms with Crippen LogP contribution in [0.2, 0.25) is 0 Å². The van der Waals surface area contributed by atoms with Gasteiger partial charge in [0, 0.05) is 5.39 Å². The molecule has 0 aliphatic rings. The van der Waals surface area contributed by atoms with E-state index in [1.54, 1.807) is 0 Å². The molecule has 0 atom stereocenters. The lowest BCUT2D eigenvalue weighted by Crippen LogP contribution is -1.95. The van der Waals surface area contributed by atoms with Crippen molar-refractivity contribution in [2.75, 3.05) is 0 Å². The Morgan fingerprint density at radius 2 is 2.14 bits per heavy atom. The second-order valence-corrected chi connectivity index (χ2v) is 3.50. The molecule has 74 valence electrons. The van der Waals surface area contributed by atoms with E-state index >= 15 is 0 Å². The number of nitrogens with two attached hydrogens (primary N) is 1. The number of para-hydroxylation sites is 1. The van der Waals surface area contributed by atoms with E-state index in [9.17, 15) is 0 Å². The minimum atomic E-state index is 0.476. The second kappa shape index (κ2) is 3.46. The smallest absolute Gasteiger partial charge is 0.137 e. The van der Waals surface area contributed by atoms with E-state index < -0.39 is 0 Å². The predicted molar refractivity (Wildman–Crippen MR) is 58.2 cm³/mol. The zero-order chi connectivity index (χ0) is 10.1. The molecule has 2 rings (SSSR count). The van der Waals surface area contributed by atoms with Crippen molar-refractivity contribution in [1.29, 1.82) is 0 Å². The lowest BCUT2D eigenvalue weighted by molar-refractivity contribution is 0.545. The third-order valence-electron chi connectivity index (χ3n) is 2.71. The molecule has 2 nitrogen and oxygen atoms in total. The van der Waals surface area contributed by atoms with E-state index in [1.165, 1.54) is 16.5 Å². The molecule has 2 heteroatoms. The number of hydrogen-bond donors (Lipinski definition) is 1. The van der Waals surface area contributed by atoms with Gasteiger partial charge >= 0.3 is 0 Å². The fourth-order valence-electron chi connectivity index (χ4n) is 1.82. The first-order valence-electron chi connectivity index (χ1n) is 4.97. The van der Waals surface area contributed by atoms with Gasteiger partial charge in [-0.05, 0) is 24.5 Å². The minimum Gasteiger partial charge on any atom is -0.459 e. The van der Waals surface area contributed by atoms with Gasteiger partial charge in [0.2, 0.25) is 0 Å². The Hall–Kier alpha value is -1.28. The van der Waals surface area contributed by atoms with Crippen molar-refractivity contribution < 1.29 is 4.42 Å². The molecule has 0 saturated heterocycles. The lowest BCUT2D eigenvalue weighted by Gasteiger charge is -1.96. The number of hydrogen-bond acceptors (Lipinski definition) is 2. The Bertz CT molecular complexity index is 457. The maximum Gasteiger partial charge on any atom is 0.137 e. The zero-order valence-corrected chi connectivity index (χ0v) is 8.63. The molecule has 0 unspecified atom stereocenters. The summed E-state index contributed by atoms with van der Waals surface area (Å²) in [7, 11) is 0. The van der Waals surface area contributed by atoms with Crippen LogP contribution in [0.5, 0.6) is 0 Å². The topological polar surface area (TPSA) is 39.2 Å². The summed E-state index contributed by atoms with van der Waals surface area (Å²) in [6.07, 6.45) is 0.994. The first-order chi connectivity index (χ1) is 6.77. The molecule has 0 amide bonds. The van der Waals surface area contributed by atoms with Crippen LogP contribution in [0.4, 0.5) is 0 Å². The van der Waals surface area contributed by atoms with Crippen molar-refractivity contribution in [2.45, 2.75) is 26.8 Å². The van der Waals surface area contributed by atoms with E-state index in [2.05, 4.69) is 32.0 Å². The van der Waals surface area contributed by atoms with Crippen molar-refractivity contribution in [3.8, 4) is 0 Å². The average Bonchev–Trinajstić information content (AvgIpc) is 2.55. The fraction of sp³-hybridized carbons (Fsp3) is 0.333. The van der Waals surface area contributed by atoms with Crippen molar-refractivity contribution in [2.24, 2.45) is 5.73 Å². The fourth-order valence-corrected chi connectivity index (χ4v) is 1.82. The molecule has 0 aliphatic heterocycles. The van der Waals surface area contributed by atoms with Gasteiger partial charge < -0.3 is 10.2 Å². The monoisotopic (exact) mass is 189 g/mol. The van der Waals surface area contributed by atoms with E-state index in [-0.39, 0.29) is 0 Å².